The molecule has 0 bridgehead atoms. The number of sulfonamides is 1. The highest BCUT2D eigenvalue weighted by Gasteiger charge is 2.12. The Balaban J connectivity index is 2.27. The number of rotatable bonds is 5. The van der Waals surface area contributed by atoms with Crippen LogP contribution in [0.1, 0.15) is 31.7 Å². The number of hydrogen-bond donors (Lipinski definition) is 1. The van der Waals surface area contributed by atoms with Gasteiger partial charge in [0.2, 0.25) is 15.9 Å². The molecule has 2 rings (SSSR count). The topological polar surface area (TPSA) is 82.3 Å². The van der Waals surface area contributed by atoms with E-state index in [9.17, 15) is 8.42 Å². The minimum absolute atomic E-state index is 0.0370. The summed E-state index contributed by atoms with van der Waals surface area (Å²) in [5.74, 6) is 1.42. The highest BCUT2D eigenvalue weighted by molar-refractivity contribution is 7.89. The van der Waals surface area contributed by atoms with Crippen LogP contribution in [0.2, 0.25) is 0 Å². The molecule has 1 heterocycles. The van der Waals surface area contributed by atoms with Crippen LogP contribution in [0, 0.1) is 0 Å². The van der Waals surface area contributed by atoms with Crippen molar-refractivity contribution in [1.29, 1.82) is 0 Å². The first-order valence-corrected chi connectivity index (χ1v) is 8.22. The zero-order chi connectivity index (χ0) is 15.5. The van der Waals surface area contributed by atoms with Crippen molar-refractivity contribution in [3.8, 4) is 11.6 Å². The Morgan fingerprint density at radius 3 is 2.52 bits per heavy atom. The second-order valence-corrected chi connectivity index (χ2v) is 6.39. The lowest BCUT2D eigenvalue weighted by molar-refractivity contribution is 0.451. The van der Waals surface area contributed by atoms with Gasteiger partial charge in [-0.15, -0.1) is 0 Å². The molecule has 0 spiro atoms. The fourth-order valence-corrected chi connectivity index (χ4v) is 2.37. The fraction of sp³-hybridized carbons (Fsp3) is 0.267. The van der Waals surface area contributed by atoms with Crippen molar-refractivity contribution < 1.29 is 13.2 Å². The first-order valence-electron chi connectivity index (χ1n) is 6.67. The second kappa shape index (κ2) is 6.24. The standard InChI is InChI=1S/C15H18N2O3S/c1-3-11(2)13-6-4-5-7-14(13)20-15-9-8-12(10-17-15)21(16,18)19/h4-11H,3H2,1-2H3,(H2,16,18,19). The average molecular weight is 306 g/mol. The molecule has 6 heteroatoms. The van der Waals surface area contributed by atoms with Crippen LogP contribution in [0.15, 0.2) is 47.5 Å². The van der Waals surface area contributed by atoms with Gasteiger partial charge in [0.25, 0.3) is 0 Å². The number of para-hydroxylation sites is 1. The van der Waals surface area contributed by atoms with Crippen molar-refractivity contribution in [2.45, 2.75) is 31.1 Å². The maximum atomic E-state index is 11.2. The molecule has 5 nitrogen and oxygen atoms in total. The summed E-state index contributed by atoms with van der Waals surface area (Å²) in [6.45, 7) is 4.24. The van der Waals surface area contributed by atoms with E-state index in [0.717, 1.165) is 17.7 Å². The molecule has 1 unspecified atom stereocenters. The maximum absolute atomic E-state index is 11.2. The first kappa shape index (κ1) is 15.5. The molecule has 0 aliphatic rings. The molecule has 1 atom stereocenters. The zero-order valence-corrected chi connectivity index (χ0v) is 12.8. The molecule has 1 aromatic heterocycles. The monoisotopic (exact) mass is 306 g/mol. The number of pyridine rings is 1. The van der Waals surface area contributed by atoms with Gasteiger partial charge in [0, 0.05) is 6.07 Å². The molecule has 0 saturated heterocycles. The molecule has 112 valence electrons. The summed E-state index contributed by atoms with van der Waals surface area (Å²) in [5, 5.41) is 5.03. The number of aromatic nitrogens is 1. The van der Waals surface area contributed by atoms with Crippen molar-refractivity contribution in [1.82, 2.24) is 4.98 Å². The molecule has 21 heavy (non-hydrogen) atoms. The summed E-state index contributed by atoms with van der Waals surface area (Å²) in [6, 6.07) is 10.6. The average Bonchev–Trinajstić information content (AvgIpc) is 2.46. The van der Waals surface area contributed by atoms with Crippen molar-refractivity contribution in [3.05, 3.63) is 48.2 Å². The van der Waals surface area contributed by atoms with Crippen molar-refractivity contribution in [2.75, 3.05) is 0 Å². The van der Waals surface area contributed by atoms with Gasteiger partial charge in [0.15, 0.2) is 0 Å². The SMILES string of the molecule is CCC(C)c1ccccc1Oc1ccc(S(N)(=O)=O)cn1. The van der Waals surface area contributed by atoms with E-state index in [4.69, 9.17) is 9.88 Å². The normalized spacial score (nSPS) is 12.9. The van der Waals surface area contributed by atoms with Gasteiger partial charge in [-0.3, -0.25) is 0 Å². The molecule has 0 amide bonds. The Labute approximate surface area is 124 Å². The summed E-state index contributed by atoms with van der Waals surface area (Å²) in [7, 11) is -3.74. The highest BCUT2D eigenvalue weighted by atomic mass is 32.2. The van der Waals surface area contributed by atoms with Crippen molar-refractivity contribution >= 4 is 10.0 Å². The van der Waals surface area contributed by atoms with Gasteiger partial charge < -0.3 is 4.74 Å². The smallest absolute Gasteiger partial charge is 0.239 e. The van der Waals surface area contributed by atoms with E-state index in [2.05, 4.69) is 18.8 Å². The Morgan fingerprint density at radius 1 is 1.24 bits per heavy atom. The molecule has 2 N–H and O–H groups in total. The number of primary sulfonamides is 1. The van der Waals surface area contributed by atoms with Crippen molar-refractivity contribution in [3.63, 3.8) is 0 Å². The Kier molecular flexibility index (Phi) is 4.59. The van der Waals surface area contributed by atoms with Crippen LogP contribution in [0.4, 0.5) is 0 Å². The molecule has 1 aromatic carbocycles. The van der Waals surface area contributed by atoms with Crippen LogP contribution in [-0.4, -0.2) is 13.4 Å². The van der Waals surface area contributed by atoms with Crippen LogP contribution in [-0.2, 0) is 10.0 Å². The van der Waals surface area contributed by atoms with Gasteiger partial charge >= 0.3 is 0 Å². The van der Waals surface area contributed by atoms with Gasteiger partial charge in [-0.05, 0) is 30.0 Å². The minimum atomic E-state index is -3.74. The van der Waals surface area contributed by atoms with E-state index in [1.807, 2.05) is 24.3 Å². The van der Waals surface area contributed by atoms with Gasteiger partial charge in [0.05, 0.1) is 6.20 Å². The van der Waals surface area contributed by atoms with E-state index < -0.39 is 10.0 Å². The number of ether oxygens (including phenoxy) is 1. The quantitative estimate of drug-likeness (QED) is 0.920. The minimum Gasteiger partial charge on any atom is -0.439 e. The number of benzene rings is 1. The fourth-order valence-electron chi connectivity index (χ4n) is 1.91. The molecule has 0 aliphatic carbocycles. The van der Waals surface area contributed by atoms with Crippen LogP contribution in [0.3, 0.4) is 0 Å². The third-order valence-electron chi connectivity index (χ3n) is 3.31. The molecular weight excluding hydrogens is 288 g/mol. The number of hydrogen-bond acceptors (Lipinski definition) is 4. The molecule has 0 radical (unpaired) electrons. The molecule has 2 aromatic rings. The molecule has 0 saturated carbocycles. The third-order valence-corrected chi connectivity index (χ3v) is 4.21. The Hall–Kier alpha value is -1.92. The zero-order valence-electron chi connectivity index (χ0n) is 12.0. The summed E-state index contributed by atoms with van der Waals surface area (Å²) in [6.07, 6.45) is 2.19. The Morgan fingerprint density at radius 2 is 1.95 bits per heavy atom. The summed E-state index contributed by atoms with van der Waals surface area (Å²) >= 11 is 0. The summed E-state index contributed by atoms with van der Waals surface area (Å²) < 4.78 is 28.1. The van der Waals surface area contributed by atoms with E-state index in [1.165, 1.54) is 18.3 Å². The molecular formula is C15H18N2O3S. The van der Waals surface area contributed by atoms with E-state index in [0.29, 0.717) is 11.8 Å². The molecule has 0 aliphatic heterocycles. The first-order chi connectivity index (χ1) is 9.91. The van der Waals surface area contributed by atoms with Crippen LogP contribution >= 0.6 is 0 Å². The highest BCUT2D eigenvalue weighted by Crippen LogP contribution is 2.31. The van der Waals surface area contributed by atoms with Crippen molar-refractivity contribution in [2.24, 2.45) is 5.14 Å². The van der Waals surface area contributed by atoms with E-state index in [-0.39, 0.29) is 4.90 Å². The lowest BCUT2D eigenvalue weighted by Crippen LogP contribution is -2.12. The van der Waals surface area contributed by atoms with Crippen LogP contribution in [0.25, 0.3) is 0 Å². The lowest BCUT2D eigenvalue weighted by atomic mass is 9.98. The Bertz CT molecular complexity index is 712. The van der Waals surface area contributed by atoms with E-state index >= 15 is 0 Å². The van der Waals surface area contributed by atoms with E-state index in [1.54, 1.807) is 0 Å². The maximum Gasteiger partial charge on any atom is 0.239 e. The van der Waals surface area contributed by atoms with Gasteiger partial charge in [-0.1, -0.05) is 32.0 Å². The summed E-state index contributed by atoms with van der Waals surface area (Å²) in [5.41, 5.74) is 1.09. The number of nitrogens with zero attached hydrogens (tertiary/aromatic N) is 1. The number of nitrogens with two attached hydrogens (primary N) is 1. The largest absolute Gasteiger partial charge is 0.439 e. The van der Waals surface area contributed by atoms with Gasteiger partial charge in [-0.25, -0.2) is 18.5 Å². The van der Waals surface area contributed by atoms with Gasteiger partial charge in [-0.2, -0.15) is 0 Å². The van der Waals surface area contributed by atoms with Gasteiger partial charge in [0.1, 0.15) is 10.6 Å². The third kappa shape index (κ3) is 3.80. The lowest BCUT2D eigenvalue weighted by Gasteiger charge is -2.14. The summed E-state index contributed by atoms with van der Waals surface area (Å²) in [4.78, 5) is 3.95. The molecule has 0 fully saturated rings. The van der Waals surface area contributed by atoms with Crippen LogP contribution < -0.4 is 9.88 Å². The van der Waals surface area contributed by atoms with Crippen LogP contribution in [0.5, 0.6) is 11.6 Å². The second-order valence-electron chi connectivity index (χ2n) is 4.83. The predicted octanol–water partition coefficient (Wildman–Crippen LogP) is 3.03. The predicted molar refractivity (Wildman–Crippen MR) is 80.8 cm³/mol.